The molecule has 1 aliphatic carbocycles. The Morgan fingerprint density at radius 1 is 0.902 bits per heavy atom. The number of ether oxygens (including phenoxy) is 3. The Balaban J connectivity index is 1.26. The topological polar surface area (TPSA) is 77.1 Å². The molecule has 1 heterocycles. The first-order valence-electron chi connectivity index (χ1n) is 14.1. The summed E-state index contributed by atoms with van der Waals surface area (Å²) in [5.74, 6) is -0.293. The molecule has 7 nitrogen and oxygen atoms in total. The van der Waals surface area contributed by atoms with Crippen molar-refractivity contribution >= 4 is 33.4 Å². The molecule has 0 fully saturated rings. The van der Waals surface area contributed by atoms with Crippen LogP contribution in [0.2, 0.25) is 0 Å². The lowest BCUT2D eigenvalue weighted by atomic mass is 9.98. The maximum atomic E-state index is 13.7. The minimum atomic E-state index is -0.806. The third-order valence-corrected chi connectivity index (χ3v) is 8.37. The van der Waals surface area contributed by atoms with Crippen LogP contribution in [-0.4, -0.2) is 55.6 Å². The van der Waals surface area contributed by atoms with E-state index in [1.807, 2.05) is 50.2 Å². The van der Waals surface area contributed by atoms with Crippen molar-refractivity contribution in [3.8, 4) is 11.1 Å². The number of carbonyl (C=O) groups excluding carboxylic acids is 2. The second kappa shape index (κ2) is 13.3. The minimum Gasteiger partial charge on any atom is -0.449 e. The first-order chi connectivity index (χ1) is 20.0. The Hall–Kier alpha value is -3.72. The summed E-state index contributed by atoms with van der Waals surface area (Å²) in [7, 11) is 0. The molecule has 0 unspecified atom stereocenters. The summed E-state index contributed by atoms with van der Waals surface area (Å²) in [6.45, 7) is 7.18. The van der Waals surface area contributed by atoms with Crippen molar-refractivity contribution in [3.63, 3.8) is 0 Å². The smallest absolute Gasteiger partial charge is 0.407 e. The highest BCUT2D eigenvalue weighted by atomic mass is 32.1. The standard InChI is InChI=1S/C33H36N2O5S/c1-4-38-31(39-5-2)19-35(18-23-21-41-30-17-11-10-12-24(23)30)32(36)22(3)34-33(37)40-20-29-27-15-8-6-13-25(27)26-14-7-9-16-28(26)29/h6-17,21-22,29,31H,4-5,18-20H2,1-3H3,(H,34,37)/t22-/m0/s1. The van der Waals surface area contributed by atoms with Crippen LogP contribution in [0.3, 0.4) is 0 Å². The largest absolute Gasteiger partial charge is 0.449 e. The molecule has 8 heteroatoms. The van der Waals surface area contributed by atoms with E-state index in [2.05, 4.69) is 47.1 Å². The highest BCUT2D eigenvalue weighted by molar-refractivity contribution is 7.17. The number of hydrogen-bond donors (Lipinski definition) is 1. The number of nitrogens with zero attached hydrogens (tertiary/aromatic N) is 1. The molecule has 214 valence electrons. The molecule has 1 N–H and O–H groups in total. The van der Waals surface area contributed by atoms with Crippen LogP contribution in [0.15, 0.2) is 78.2 Å². The van der Waals surface area contributed by atoms with Crippen molar-refractivity contribution in [3.05, 3.63) is 94.9 Å². The molecule has 0 bridgehead atoms. The van der Waals surface area contributed by atoms with Crippen molar-refractivity contribution < 1.29 is 23.8 Å². The minimum absolute atomic E-state index is 0.0549. The molecule has 4 aromatic rings. The number of rotatable bonds is 12. The Morgan fingerprint density at radius 2 is 1.51 bits per heavy atom. The molecule has 41 heavy (non-hydrogen) atoms. The van der Waals surface area contributed by atoms with E-state index < -0.39 is 18.4 Å². The fourth-order valence-corrected chi connectivity index (χ4v) is 6.40. The normalized spacial score (nSPS) is 13.2. The molecule has 1 aromatic heterocycles. The summed E-state index contributed by atoms with van der Waals surface area (Å²) in [5, 5.41) is 5.94. The molecule has 0 aliphatic heterocycles. The van der Waals surface area contributed by atoms with E-state index in [4.69, 9.17) is 14.2 Å². The van der Waals surface area contributed by atoms with E-state index in [-0.39, 0.29) is 25.0 Å². The zero-order chi connectivity index (χ0) is 28.8. The van der Waals surface area contributed by atoms with Gasteiger partial charge in [-0.25, -0.2) is 4.79 Å². The second-order valence-corrected chi connectivity index (χ2v) is 10.9. The van der Waals surface area contributed by atoms with Gasteiger partial charge >= 0.3 is 6.09 Å². The highest BCUT2D eigenvalue weighted by Crippen LogP contribution is 2.44. The summed E-state index contributed by atoms with van der Waals surface area (Å²) in [6, 6.07) is 23.7. The summed E-state index contributed by atoms with van der Waals surface area (Å²) < 4.78 is 18.4. The third kappa shape index (κ3) is 6.45. The van der Waals surface area contributed by atoms with Gasteiger partial charge in [-0.05, 0) is 65.4 Å². The van der Waals surface area contributed by atoms with Gasteiger partial charge in [-0.15, -0.1) is 11.3 Å². The first-order valence-corrected chi connectivity index (χ1v) is 15.0. The van der Waals surface area contributed by atoms with E-state index >= 15 is 0 Å². The van der Waals surface area contributed by atoms with Gasteiger partial charge in [-0.3, -0.25) is 4.79 Å². The van der Waals surface area contributed by atoms with Gasteiger partial charge in [0, 0.05) is 30.4 Å². The molecule has 0 saturated carbocycles. The molecule has 2 amide bonds. The molecule has 5 rings (SSSR count). The van der Waals surface area contributed by atoms with Crippen LogP contribution in [-0.2, 0) is 25.5 Å². The Labute approximate surface area is 245 Å². The predicted molar refractivity (Wildman–Crippen MR) is 162 cm³/mol. The summed E-state index contributed by atoms with van der Waals surface area (Å²) in [5.41, 5.74) is 5.64. The van der Waals surface area contributed by atoms with E-state index in [0.29, 0.717) is 19.8 Å². The lowest BCUT2D eigenvalue weighted by Gasteiger charge is -2.29. The molecule has 3 aromatic carbocycles. The van der Waals surface area contributed by atoms with Gasteiger partial charge in [0.1, 0.15) is 12.6 Å². The van der Waals surface area contributed by atoms with Gasteiger partial charge in [-0.2, -0.15) is 0 Å². The second-order valence-electron chi connectivity index (χ2n) is 10.0. The van der Waals surface area contributed by atoms with Gasteiger partial charge < -0.3 is 24.4 Å². The van der Waals surface area contributed by atoms with Crippen molar-refractivity contribution in [2.24, 2.45) is 0 Å². The first kappa shape index (κ1) is 28.8. The van der Waals surface area contributed by atoms with Crippen molar-refractivity contribution in [1.29, 1.82) is 0 Å². The lowest BCUT2D eigenvalue weighted by molar-refractivity contribution is -0.160. The van der Waals surface area contributed by atoms with Gasteiger partial charge in [-0.1, -0.05) is 66.7 Å². The van der Waals surface area contributed by atoms with E-state index in [1.165, 1.54) is 0 Å². The van der Waals surface area contributed by atoms with Crippen molar-refractivity contribution in [1.82, 2.24) is 10.2 Å². The molecular weight excluding hydrogens is 536 g/mol. The average Bonchev–Trinajstić information content (AvgIpc) is 3.54. The van der Waals surface area contributed by atoms with Gasteiger partial charge in [0.05, 0.1) is 6.54 Å². The Bertz CT molecular complexity index is 1450. The number of fused-ring (bicyclic) bond motifs is 4. The number of hydrogen-bond acceptors (Lipinski definition) is 6. The number of carbonyl (C=O) groups is 2. The molecule has 0 radical (unpaired) electrons. The van der Waals surface area contributed by atoms with Crippen molar-refractivity contribution in [2.75, 3.05) is 26.4 Å². The fraction of sp³-hybridized carbons (Fsp3) is 0.333. The van der Waals surface area contributed by atoms with Crippen LogP contribution in [0.5, 0.6) is 0 Å². The number of alkyl carbamates (subject to hydrolysis) is 1. The van der Waals surface area contributed by atoms with Crippen LogP contribution in [0.1, 0.15) is 43.4 Å². The molecule has 0 saturated heterocycles. The van der Waals surface area contributed by atoms with E-state index in [1.54, 1.807) is 23.2 Å². The predicted octanol–water partition coefficient (Wildman–Crippen LogP) is 6.56. The van der Waals surface area contributed by atoms with Crippen LogP contribution in [0.4, 0.5) is 4.79 Å². The maximum absolute atomic E-state index is 13.7. The average molecular weight is 573 g/mol. The summed E-state index contributed by atoms with van der Waals surface area (Å²) in [4.78, 5) is 28.3. The summed E-state index contributed by atoms with van der Waals surface area (Å²) in [6.07, 6.45) is -1.19. The van der Waals surface area contributed by atoms with Gasteiger partial charge in [0.15, 0.2) is 6.29 Å². The van der Waals surface area contributed by atoms with E-state index in [0.717, 1.165) is 37.9 Å². The molecule has 1 aliphatic rings. The lowest BCUT2D eigenvalue weighted by Crippen LogP contribution is -2.49. The number of thiophene rings is 1. The zero-order valence-electron chi connectivity index (χ0n) is 23.7. The van der Waals surface area contributed by atoms with Crippen LogP contribution in [0.25, 0.3) is 21.2 Å². The van der Waals surface area contributed by atoms with Crippen LogP contribution >= 0.6 is 11.3 Å². The Kier molecular flexibility index (Phi) is 9.34. The van der Waals surface area contributed by atoms with E-state index in [9.17, 15) is 9.59 Å². The van der Waals surface area contributed by atoms with Crippen LogP contribution in [0, 0.1) is 0 Å². The number of nitrogens with one attached hydrogen (secondary N) is 1. The summed E-state index contributed by atoms with van der Waals surface area (Å²) >= 11 is 1.64. The molecular formula is C33H36N2O5S. The zero-order valence-corrected chi connectivity index (χ0v) is 24.5. The Morgan fingerprint density at radius 3 is 2.17 bits per heavy atom. The quantitative estimate of drug-likeness (QED) is 0.195. The maximum Gasteiger partial charge on any atom is 0.407 e. The molecule has 0 spiro atoms. The SMILES string of the molecule is CCOC(CN(Cc1csc2ccccc12)C(=O)[C@H](C)NC(=O)OCC1c2ccccc2-c2ccccc21)OCC. The van der Waals surface area contributed by atoms with Gasteiger partial charge in [0.2, 0.25) is 5.91 Å². The number of benzene rings is 3. The monoisotopic (exact) mass is 572 g/mol. The molecule has 1 atom stereocenters. The fourth-order valence-electron chi connectivity index (χ4n) is 5.45. The number of amides is 2. The van der Waals surface area contributed by atoms with Crippen LogP contribution < -0.4 is 5.32 Å². The highest BCUT2D eigenvalue weighted by Gasteiger charge is 2.30. The third-order valence-electron chi connectivity index (χ3n) is 7.36. The van der Waals surface area contributed by atoms with Crippen molar-refractivity contribution in [2.45, 2.75) is 45.6 Å². The van der Waals surface area contributed by atoms with Gasteiger partial charge in [0.25, 0.3) is 0 Å².